The van der Waals surface area contributed by atoms with Crippen LogP contribution in [0, 0.1) is 13.8 Å². The highest BCUT2D eigenvalue weighted by molar-refractivity contribution is 9.10. The van der Waals surface area contributed by atoms with Crippen molar-refractivity contribution in [1.82, 2.24) is 4.98 Å². The topological polar surface area (TPSA) is 33.1 Å². The fourth-order valence-electron chi connectivity index (χ4n) is 0.682. The standard InChI is InChI=1S/C7H8BrNO/c1-4-3-6(8)5(2)7(10)9-4/h3H,1-2H3,(H,9,10). The molecule has 0 spiro atoms. The number of aromatic hydroxyl groups is 1. The Hall–Kier alpha value is -0.570. The van der Waals surface area contributed by atoms with Crippen molar-refractivity contribution >= 4 is 15.9 Å². The van der Waals surface area contributed by atoms with Gasteiger partial charge in [-0.25, -0.2) is 4.98 Å². The minimum atomic E-state index is 0.104. The Labute approximate surface area is 68.0 Å². The van der Waals surface area contributed by atoms with E-state index in [0.29, 0.717) is 0 Å². The first-order chi connectivity index (χ1) is 4.61. The van der Waals surface area contributed by atoms with E-state index in [1.165, 1.54) is 0 Å². The van der Waals surface area contributed by atoms with Crippen LogP contribution >= 0.6 is 15.9 Å². The molecule has 1 aromatic rings. The lowest BCUT2D eigenvalue weighted by molar-refractivity contribution is 0.447. The van der Waals surface area contributed by atoms with Gasteiger partial charge in [-0.2, -0.15) is 0 Å². The Kier molecular flexibility index (Phi) is 1.94. The van der Waals surface area contributed by atoms with Crippen molar-refractivity contribution in [1.29, 1.82) is 0 Å². The van der Waals surface area contributed by atoms with E-state index in [2.05, 4.69) is 20.9 Å². The maximum Gasteiger partial charge on any atom is 0.215 e. The molecule has 1 aromatic heterocycles. The monoisotopic (exact) mass is 201 g/mol. The third kappa shape index (κ3) is 1.29. The summed E-state index contributed by atoms with van der Waals surface area (Å²) in [6.45, 7) is 3.65. The molecule has 0 atom stereocenters. The van der Waals surface area contributed by atoms with Crippen molar-refractivity contribution in [3.63, 3.8) is 0 Å². The van der Waals surface area contributed by atoms with Crippen LogP contribution in [0.5, 0.6) is 5.88 Å². The minimum absolute atomic E-state index is 0.104. The maximum absolute atomic E-state index is 9.14. The predicted molar refractivity (Wildman–Crippen MR) is 43.1 cm³/mol. The fourth-order valence-corrected chi connectivity index (χ4v) is 1.19. The number of hydrogen-bond donors (Lipinski definition) is 1. The molecular weight excluding hydrogens is 194 g/mol. The molecule has 0 unspecified atom stereocenters. The average Bonchev–Trinajstić information content (AvgIpc) is 1.82. The quantitative estimate of drug-likeness (QED) is 0.699. The van der Waals surface area contributed by atoms with Crippen molar-refractivity contribution in [3.8, 4) is 5.88 Å². The van der Waals surface area contributed by atoms with Gasteiger partial charge in [0.1, 0.15) is 0 Å². The van der Waals surface area contributed by atoms with Crippen LogP contribution in [0.2, 0.25) is 0 Å². The third-order valence-electron chi connectivity index (χ3n) is 1.31. The summed E-state index contributed by atoms with van der Waals surface area (Å²) in [6, 6.07) is 1.87. The van der Waals surface area contributed by atoms with Crippen molar-refractivity contribution in [2.24, 2.45) is 0 Å². The average molecular weight is 202 g/mol. The number of hydrogen-bond acceptors (Lipinski definition) is 2. The van der Waals surface area contributed by atoms with Crippen LogP contribution in [0.4, 0.5) is 0 Å². The van der Waals surface area contributed by atoms with Gasteiger partial charge in [-0.05, 0) is 19.9 Å². The number of nitrogens with zero attached hydrogens (tertiary/aromatic N) is 1. The van der Waals surface area contributed by atoms with Gasteiger partial charge < -0.3 is 5.11 Å². The van der Waals surface area contributed by atoms with E-state index in [1.807, 2.05) is 19.9 Å². The lowest BCUT2D eigenvalue weighted by Crippen LogP contribution is -1.85. The highest BCUT2D eigenvalue weighted by Crippen LogP contribution is 2.23. The molecule has 54 valence electrons. The molecule has 0 fully saturated rings. The molecule has 0 amide bonds. The maximum atomic E-state index is 9.14. The largest absolute Gasteiger partial charge is 0.493 e. The van der Waals surface area contributed by atoms with E-state index in [-0.39, 0.29) is 5.88 Å². The number of pyridine rings is 1. The van der Waals surface area contributed by atoms with Crippen LogP contribution in [0.1, 0.15) is 11.3 Å². The van der Waals surface area contributed by atoms with E-state index < -0.39 is 0 Å². The van der Waals surface area contributed by atoms with Crippen molar-refractivity contribution in [2.45, 2.75) is 13.8 Å². The van der Waals surface area contributed by atoms with Crippen LogP contribution in [0.3, 0.4) is 0 Å². The molecule has 0 saturated carbocycles. The van der Waals surface area contributed by atoms with Crippen molar-refractivity contribution in [3.05, 3.63) is 21.8 Å². The molecule has 1 N–H and O–H groups in total. The number of aryl methyl sites for hydroxylation is 1. The first-order valence-corrected chi connectivity index (χ1v) is 3.73. The smallest absolute Gasteiger partial charge is 0.215 e. The van der Waals surface area contributed by atoms with Gasteiger partial charge in [0.2, 0.25) is 5.88 Å². The Morgan fingerprint density at radius 1 is 1.50 bits per heavy atom. The summed E-state index contributed by atoms with van der Waals surface area (Å²) in [5, 5.41) is 9.14. The molecule has 0 aliphatic heterocycles. The van der Waals surface area contributed by atoms with Gasteiger partial charge in [-0.3, -0.25) is 0 Å². The highest BCUT2D eigenvalue weighted by atomic mass is 79.9. The Morgan fingerprint density at radius 3 is 2.60 bits per heavy atom. The van der Waals surface area contributed by atoms with Crippen molar-refractivity contribution in [2.75, 3.05) is 0 Å². The molecule has 0 aliphatic carbocycles. The first-order valence-electron chi connectivity index (χ1n) is 2.94. The van der Waals surface area contributed by atoms with Gasteiger partial charge in [0.05, 0.1) is 0 Å². The molecule has 1 rings (SSSR count). The molecule has 0 aromatic carbocycles. The molecule has 0 aliphatic rings. The van der Waals surface area contributed by atoms with Gasteiger partial charge in [0.25, 0.3) is 0 Å². The molecular formula is C7H8BrNO. The van der Waals surface area contributed by atoms with E-state index in [1.54, 1.807) is 0 Å². The van der Waals surface area contributed by atoms with Crippen LogP contribution in [-0.4, -0.2) is 10.1 Å². The summed E-state index contributed by atoms with van der Waals surface area (Å²) in [7, 11) is 0. The van der Waals surface area contributed by atoms with Gasteiger partial charge in [-0.15, -0.1) is 0 Å². The Balaban J connectivity index is 3.31. The normalized spacial score (nSPS) is 9.90. The molecule has 10 heavy (non-hydrogen) atoms. The van der Waals surface area contributed by atoms with Crippen molar-refractivity contribution < 1.29 is 5.11 Å². The van der Waals surface area contributed by atoms with Gasteiger partial charge in [0, 0.05) is 15.7 Å². The van der Waals surface area contributed by atoms with E-state index in [9.17, 15) is 0 Å². The molecule has 0 radical (unpaired) electrons. The SMILES string of the molecule is Cc1cc(Br)c(C)c(O)n1. The molecule has 3 heteroatoms. The minimum Gasteiger partial charge on any atom is -0.493 e. The Bertz CT molecular complexity index is 237. The van der Waals surface area contributed by atoms with Crippen LogP contribution in [0.15, 0.2) is 10.5 Å². The van der Waals surface area contributed by atoms with E-state index in [0.717, 1.165) is 15.7 Å². The molecule has 0 saturated heterocycles. The van der Waals surface area contributed by atoms with E-state index in [4.69, 9.17) is 5.11 Å². The van der Waals surface area contributed by atoms with Gasteiger partial charge >= 0.3 is 0 Å². The van der Waals surface area contributed by atoms with Gasteiger partial charge in [-0.1, -0.05) is 15.9 Å². The zero-order chi connectivity index (χ0) is 7.72. The van der Waals surface area contributed by atoms with Crippen LogP contribution in [-0.2, 0) is 0 Å². The Morgan fingerprint density at radius 2 is 2.10 bits per heavy atom. The second-order valence-electron chi connectivity index (χ2n) is 2.19. The zero-order valence-electron chi connectivity index (χ0n) is 5.85. The molecule has 1 heterocycles. The van der Waals surface area contributed by atoms with Gasteiger partial charge in [0.15, 0.2) is 0 Å². The summed E-state index contributed by atoms with van der Waals surface area (Å²) >= 11 is 3.30. The lowest BCUT2D eigenvalue weighted by Gasteiger charge is -2.00. The number of halogens is 1. The predicted octanol–water partition coefficient (Wildman–Crippen LogP) is 2.17. The summed E-state index contributed by atoms with van der Waals surface area (Å²) in [6.07, 6.45) is 0. The summed E-state index contributed by atoms with van der Waals surface area (Å²) in [5.74, 6) is 0.104. The fraction of sp³-hybridized carbons (Fsp3) is 0.286. The van der Waals surface area contributed by atoms with E-state index >= 15 is 0 Å². The third-order valence-corrected chi connectivity index (χ3v) is 2.14. The summed E-state index contributed by atoms with van der Waals surface area (Å²) in [4.78, 5) is 3.86. The lowest BCUT2D eigenvalue weighted by atomic mass is 10.3. The zero-order valence-corrected chi connectivity index (χ0v) is 7.44. The first kappa shape index (κ1) is 7.54. The number of rotatable bonds is 0. The molecule has 2 nitrogen and oxygen atoms in total. The number of aromatic nitrogens is 1. The van der Waals surface area contributed by atoms with Crippen LogP contribution in [0.25, 0.3) is 0 Å². The second kappa shape index (κ2) is 2.58. The summed E-state index contributed by atoms with van der Waals surface area (Å²) < 4.78 is 0.900. The second-order valence-corrected chi connectivity index (χ2v) is 3.05. The molecule has 0 bridgehead atoms. The van der Waals surface area contributed by atoms with Crippen LogP contribution < -0.4 is 0 Å². The highest BCUT2D eigenvalue weighted by Gasteiger charge is 2.01. The summed E-state index contributed by atoms with van der Waals surface area (Å²) in [5.41, 5.74) is 1.60.